The van der Waals surface area contributed by atoms with Gasteiger partial charge in [0.1, 0.15) is 42.3 Å². The molecule has 6 amide bonds. The summed E-state index contributed by atoms with van der Waals surface area (Å²) in [5, 5.41) is 72.7. The minimum absolute atomic E-state index is 0.0753. The molecule has 0 fully saturated rings. The first-order valence-corrected chi connectivity index (χ1v) is 18.1. The number of amides is 6. The van der Waals surface area contributed by atoms with Crippen molar-refractivity contribution >= 4 is 47.4 Å². The van der Waals surface area contributed by atoms with E-state index in [1.807, 2.05) is 0 Å². The van der Waals surface area contributed by atoms with Crippen molar-refractivity contribution in [2.24, 2.45) is 5.73 Å². The Balaban J connectivity index is 3.19. The van der Waals surface area contributed by atoms with Crippen molar-refractivity contribution in [1.29, 1.82) is 0 Å². The van der Waals surface area contributed by atoms with Crippen LogP contribution >= 0.6 is 0 Å². The van der Waals surface area contributed by atoms with Gasteiger partial charge in [-0.3, -0.25) is 33.6 Å². The van der Waals surface area contributed by atoms with E-state index in [9.17, 15) is 69.0 Å². The first kappa shape index (κ1) is 49.8. The molecule has 57 heavy (non-hydrogen) atoms. The highest BCUT2D eigenvalue weighted by Gasteiger charge is 2.38. The summed E-state index contributed by atoms with van der Waals surface area (Å²) in [6, 6.07) is -2.42. The zero-order valence-electron chi connectivity index (χ0n) is 32.1. The topological polar surface area (TPSA) is 359 Å². The van der Waals surface area contributed by atoms with E-state index in [2.05, 4.69) is 31.9 Å². The molecule has 0 saturated carbocycles. The fraction of sp³-hybridized carbons (Fsp3) is 0.600. The number of carbonyl (C=O) groups excluding carboxylic acids is 6. The Hall–Kier alpha value is -5.26. The summed E-state index contributed by atoms with van der Waals surface area (Å²) in [6.45, 7) is -1.34. The first-order valence-electron chi connectivity index (χ1n) is 18.1. The van der Waals surface area contributed by atoms with Crippen molar-refractivity contribution in [3.8, 4) is 0 Å². The van der Waals surface area contributed by atoms with E-state index >= 15 is 0 Å². The number of hydrogen-bond donors (Lipinski definition) is 13. The molecule has 1 aromatic rings. The van der Waals surface area contributed by atoms with Crippen LogP contribution < -0.4 is 37.6 Å². The minimum atomic E-state index is -1.79. The van der Waals surface area contributed by atoms with E-state index in [-0.39, 0.29) is 25.8 Å². The fourth-order valence-electron chi connectivity index (χ4n) is 5.48. The van der Waals surface area contributed by atoms with E-state index in [1.165, 1.54) is 7.05 Å². The maximum atomic E-state index is 13.5. The van der Waals surface area contributed by atoms with Gasteiger partial charge in [-0.1, -0.05) is 30.3 Å². The van der Waals surface area contributed by atoms with E-state index in [4.69, 9.17) is 5.73 Å². The number of benzene rings is 1. The van der Waals surface area contributed by atoms with Crippen LogP contribution in [0, 0.1) is 0 Å². The van der Waals surface area contributed by atoms with Crippen LogP contribution in [0.1, 0.15) is 44.6 Å². The molecule has 0 aliphatic heterocycles. The van der Waals surface area contributed by atoms with Gasteiger partial charge in [0.2, 0.25) is 35.4 Å². The second-order valence-corrected chi connectivity index (χ2v) is 13.1. The smallest absolute Gasteiger partial charge is 0.326 e. The molecular formula is C35H56N8O14. The number of likely N-dealkylation sites (N-methyl/N-ethyl adjacent to an activating group) is 2. The number of aliphatic hydroxyl groups excluding tert-OH is 4. The Kier molecular flexibility index (Phi) is 22.5. The molecule has 0 aliphatic carbocycles. The Morgan fingerprint density at radius 1 is 0.667 bits per heavy atom. The van der Waals surface area contributed by atoms with Crippen molar-refractivity contribution in [3.63, 3.8) is 0 Å². The molecule has 0 heterocycles. The molecule has 0 saturated heterocycles. The monoisotopic (exact) mass is 812 g/mol. The highest BCUT2D eigenvalue weighted by atomic mass is 16.4. The molecule has 1 aromatic carbocycles. The summed E-state index contributed by atoms with van der Waals surface area (Å²) in [7, 11) is 2.43. The van der Waals surface area contributed by atoms with Gasteiger partial charge in [-0.25, -0.2) is 4.79 Å². The summed E-state index contributed by atoms with van der Waals surface area (Å²) in [4.78, 5) is 103. The molecule has 0 aromatic heterocycles. The van der Waals surface area contributed by atoms with Crippen LogP contribution in [0.15, 0.2) is 30.3 Å². The van der Waals surface area contributed by atoms with Crippen molar-refractivity contribution in [3.05, 3.63) is 35.9 Å². The third-order valence-electron chi connectivity index (χ3n) is 8.71. The Labute approximate surface area is 328 Å². The van der Waals surface area contributed by atoms with Crippen LogP contribution in [0.4, 0.5) is 0 Å². The third kappa shape index (κ3) is 16.8. The number of nitrogens with two attached hydrogens (primary N) is 1. The predicted molar refractivity (Wildman–Crippen MR) is 200 cm³/mol. The lowest BCUT2D eigenvalue weighted by atomic mass is 10.0. The maximum absolute atomic E-state index is 13.5. The van der Waals surface area contributed by atoms with Crippen LogP contribution in [-0.4, -0.2) is 172 Å². The summed E-state index contributed by atoms with van der Waals surface area (Å²) < 4.78 is 0. The summed E-state index contributed by atoms with van der Waals surface area (Å²) in [6.07, 6.45) is -2.19. The molecular weight excluding hydrogens is 756 g/mol. The molecule has 0 bridgehead atoms. The molecule has 1 unspecified atom stereocenters. The molecule has 22 heteroatoms. The lowest BCUT2D eigenvalue weighted by Gasteiger charge is -2.33. The quantitative estimate of drug-likeness (QED) is 0.0369. The zero-order chi connectivity index (χ0) is 43.2. The number of rotatable bonds is 27. The number of nitrogens with one attached hydrogen (secondary N) is 6. The minimum Gasteiger partial charge on any atom is -0.481 e. The number of aliphatic hydroxyl groups is 4. The van der Waals surface area contributed by atoms with E-state index in [1.54, 1.807) is 30.3 Å². The lowest BCUT2D eigenvalue weighted by molar-refractivity contribution is -0.147. The van der Waals surface area contributed by atoms with Gasteiger partial charge >= 0.3 is 11.9 Å². The predicted octanol–water partition coefficient (Wildman–Crippen LogP) is -5.50. The largest absolute Gasteiger partial charge is 0.481 e. The number of hydrogen-bond acceptors (Lipinski definition) is 14. The number of carbonyl (C=O) groups is 8. The maximum Gasteiger partial charge on any atom is 0.326 e. The second kappa shape index (κ2) is 25.8. The van der Waals surface area contributed by atoms with Gasteiger partial charge in [-0.15, -0.1) is 0 Å². The van der Waals surface area contributed by atoms with Gasteiger partial charge in [0.15, 0.2) is 0 Å². The molecule has 14 N–H and O–H groups in total. The number of aliphatic carboxylic acids is 2. The Morgan fingerprint density at radius 3 is 1.61 bits per heavy atom. The van der Waals surface area contributed by atoms with Gasteiger partial charge in [0.25, 0.3) is 0 Å². The average molecular weight is 813 g/mol. The van der Waals surface area contributed by atoms with E-state index in [0.29, 0.717) is 16.9 Å². The van der Waals surface area contributed by atoms with E-state index in [0.717, 1.165) is 14.0 Å². The number of carboxylic acid groups (broad SMARTS) is 2. The lowest BCUT2D eigenvalue weighted by Crippen LogP contribution is -2.62. The molecule has 320 valence electrons. The highest BCUT2D eigenvalue weighted by Crippen LogP contribution is 2.11. The molecule has 1 rings (SSSR count). The summed E-state index contributed by atoms with van der Waals surface area (Å²) >= 11 is 0. The zero-order valence-corrected chi connectivity index (χ0v) is 32.1. The van der Waals surface area contributed by atoms with Crippen molar-refractivity contribution in [1.82, 2.24) is 36.8 Å². The van der Waals surface area contributed by atoms with Crippen LogP contribution in [-0.2, 0) is 44.8 Å². The van der Waals surface area contributed by atoms with Crippen LogP contribution in [0.25, 0.3) is 0 Å². The molecule has 22 nitrogen and oxygen atoms in total. The standard InChI is InChI=1S/C35H56N8O14/c1-19(47)28(43(3)34(55)22(12-13-27(48)49)39-30(51)24(16-44)37-2)33(54)42-26(18-46)31(52)38-21(11-7-8-14-36)29(50)41-25(17-45)32(53)40-23(35(56)57)15-20-9-5-4-6-10-20/h4-6,9-10,19,21-26,28,37,44-47H,7-8,11-18,36H2,1-3H3,(H,38,52)(H,39,51)(H,40,53)(H,41,50)(H,42,54)(H,48,49)(H,56,57)/t19?,21-,22-,23-,24-,25-,26-,28-/m0/s1. The normalized spacial score (nSPS) is 15.2. The summed E-state index contributed by atoms with van der Waals surface area (Å²) in [5.74, 6) is -8.89. The van der Waals surface area contributed by atoms with Crippen molar-refractivity contribution < 1.29 is 69.0 Å². The SMILES string of the molecule is CN[C@@H](CO)C(=O)N[C@@H](CCC(=O)O)C(=O)N(C)[C@H](C(=O)N[C@@H](CO)C(=O)N[C@@H](CCCCN)C(=O)N[C@@H](CO)C(=O)N[C@@H](Cc1ccccc1)C(=O)O)C(C)O. The molecule has 0 spiro atoms. The number of carboxylic acids is 2. The highest BCUT2D eigenvalue weighted by molar-refractivity contribution is 5.97. The third-order valence-corrected chi connectivity index (χ3v) is 8.71. The van der Waals surface area contributed by atoms with Gasteiger partial charge in [-0.2, -0.15) is 0 Å². The molecule has 0 aliphatic rings. The number of unbranched alkanes of at least 4 members (excludes halogenated alkanes) is 1. The molecule has 8 atom stereocenters. The Bertz CT molecular complexity index is 1500. The van der Waals surface area contributed by atoms with Crippen LogP contribution in [0.5, 0.6) is 0 Å². The van der Waals surface area contributed by atoms with E-state index < -0.39 is 128 Å². The van der Waals surface area contributed by atoms with Gasteiger partial charge in [-0.05, 0) is 51.8 Å². The van der Waals surface area contributed by atoms with Crippen LogP contribution in [0.2, 0.25) is 0 Å². The van der Waals surface area contributed by atoms with Gasteiger partial charge in [0.05, 0.1) is 25.9 Å². The molecule has 0 radical (unpaired) electrons. The first-order chi connectivity index (χ1) is 26.9. The van der Waals surface area contributed by atoms with Gasteiger partial charge < -0.3 is 73.2 Å². The Morgan fingerprint density at radius 2 is 1.14 bits per heavy atom. The van der Waals surface area contributed by atoms with Gasteiger partial charge in [0, 0.05) is 19.9 Å². The fourth-order valence-corrected chi connectivity index (χ4v) is 5.48. The van der Waals surface area contributed by atoms with Crippen molar-refractivity contribution in [2.45, 2.75) is 93.8 Å². The summed E-state index contributed by atoms with van der Waals surface area (Å²) in [5.41, 5.74) is 6.16. The van der Waals surface area contributed by atoms with Crippen molar-refractivity contribution in [2.75, 3.05) is 40.5 Å². The second-order valence-electron chi connectivity index (χ2n) is 13.1. The average Bonchev–Trinajstić information content (AvgIpc) is 3.16. The number of nitrogens with zero attached hydrogens (tertiary/aromatic N) is 1. The van der Waals surface area contributed by atoms with Crippen LogP contribution in [0.3, 0.4) is 0 Å².